The largest absolute Gasteiger partial charge is 0.486 e. The Labute approximate surface area is 140 Å². The summed E-state index contributed by atoms with van der Waals surface area (Å²) in [5, 5.41) is 4.07. The third kappa shape index (κ3) is 3.63. The number of aryl methyl sites for hydroxylation is 1. The lowest BCUT2D eigenvalue weighted by Gasteiger charge is -2.02. The van der Waals surface area contributed by atoms with Gasteiger partial charge in [-0.15, -0.1) is 0 Å². The second-order valence-electron chi connectivity index (χ2n) is 5.37. The van der Waals surface area contributed by atoms with Crippen LogP contribution in [0.1, 0.15) is 27.6 Å². The van der Waals surface area contributed by atoms with E-state index in [1.54, 1.807) is 24.0 Å². The Kier molecular flexibility index (Phi) is 4.61. The normalized spacial score (nSPS) is 11.1. The molecule has 2 heterocycles. The van der Waals surface area contributed by atoms with Crippen molar-refractivity contribution >= 4 is 11.9 Å². The number of aromatic nitrogens is 2. The van der Waals surface area contributed by atoms with Crippen LogP contribution in [-0.2, 0) is 13.7 Å². The number of hydrogen-bond acceptors (Lipinski definition) is 4. The first kappa shape index (κ1) is 15.8. The van der Waals surface area contributed by atoms with E-state index in [0.717, 1.165) is 11.4 Å². The van der Waals surface area contributed by atoms with Crippen LogP contribution in [0.2, 0.25) is 0 Å². The zero-order valence-electron chi connectivity index (χ0n) is 13.6. The van der Waals surface area contributed by atoms with Crippen molar-refractivity contribution in [3.05, 3.63) is 77.5 Å². The third-order valence-electron chi connectivity index (χ3n) is 3.71. The minimum atomic E-state index is -0.0981. The van der Waals surface area contributed by atoms with Gasteiger partial charge in [-0.1, -0.05) is 18.2 Å². The van der Waals surface area contributed by atoms with Crippen LogP contribution in [0.5, 0.6) is 5.75 Å². The number of allylic oxidation sites excluding steroid dienone is 1. The van der Waals surface area contributed by atoms with Gasteiger partial charge in [-0.2, -0.15) is 5.10 Å². The summed E-state index contributed by atoms with van der Waals surface area (Å²) in [5.74, 6) is 1.99. The van der Waals surface area contributed by atoms with E-state index in [9.17, 15) is 4.79 Å². The van der Waals surface area contributed by atoms with Crippen molar-refractivity contribution in [1.29, 1.82) is 0 Å². The van der Waals surface area contributed by atoms with Crippen molar-refractivity contribution in [1.82, 2.24) is 9.78 Å². The molecular weight excluding hydrogens is 304 g/mol. The van der Waals surface area contributed by atoms with E-state index >= 15 is 0 Å². The van der Waals surface area contributed by atoms with Crippen LogP contribution >= 0.6 is 0 Å². The first-order chi connectivity index (χ1) is 11.6. The molecule has 0 radical (unpaired) electrons. The number of carbonyl (C=O) groups is 1. The quantitative estimate of drug-likeness (QED) is 0.512. The van der Waals surface area contributed by atoms with Gasteiger partial charge in [0.25, 0.3) is 0 Å². The van der Waals surface area contributed by atoms with E-state index in [1.807, 2.05) is 49.4 Å². The molecule has 0 aliphatic heterocycles. The van der Waals surface area contributed by atoms with Gasteiger partial charge in [-0.3, -0.25) is 9.48 Å². The van der Waals surface area contributed by atoms with Crippen LogP contribution in [-0.4, -0.2) is 15.6 Å². The highest BCUT2D eigenvalue weighted by Crippen LogP contribution is 2.15. The summed E-state index contributed by atoms with van der Waals surface area (Å²) in [7, 11) is 1.81. The minimum absolute atomic E-state index is 0.0981. The summed E-state index contributed by atoms with van der Waals surface area (Å²) in [6.45, 7) is 2.20. The van der Waals surface area contributed by atoms with Gasteiger partial charge in [0.05, 0.1) is 11.8 Å². The van der Waals surface area contributed by atoms with Gasteiger partial charge in [0.2, 0.25) is 0 Å². The molecule has 0 saturated carbocycles. The molecule has 0 bridgehead atoms. The summed E-state index contributed by atoms with van der Waals surface area (Å²) in [4.78, 5) is 12.2. The Morgan fingerprint density at radius 2 is 2.04 bits per heavy atom. The Bertz CT molecular complexity index is 860. The smallest absolute Gasteiger partial charge is 0.189 e. The first-order valence-electron chi connectivity index (χ1n) is 7.61. The number of benzene rings is 1. The fraction of sp³-hybridized carbons (Fsp3) is 0.158. The number of carbonyl (C=O) groups excluding carboxylic acids is 1. The lowest BCUT2D eigenvalue weighted by atomic mass is 10.1. The molecule has 3 aromatic rings. The zero-order valence-corrected chi connectivity index (χ0v) is 13.6. The van der Waals surface area contributed by atoms with Crippen LogP contribution in [0, 0.1) is 6.92 Å². The van der Waals surface area contributed by atoms with Gasteiger partial charge in [0.15, 0.2) is 5.78 Å². The second kappa shape index (κ2) is 7.00. The van der Waals surface area contributed by atoms with E-state index in [2.05, 4.69) is 5.10 Å². The highest BCUT2D eigenvalue weighted by Gasteiger charge is 2.10. The summed E-state index contributed by atoms with van der Waals surface area (Å²) in [5.41, 5.74) is 1.42. The molecule has 2 aromatic heterocycles. The highest BCUT2D eigenvalue weighted by atomic mass is 16.5. The van der Waals surface area contributed by atoms with E-state index in [4.69, 9.17) is 9.15 Å². The summed E-state index contributed by atoms with van der Waals surface area (Å²) in [6.07, 6.45) is 4.72. The zero-order chi connectivity index (χ0) is 16.9. The van der Waals surface area contributed by atoms with Gasteiger partial charge in [-0.05, 0) is 43.3 Å². The van der Waals surface area contributed by atoms with Gasteiger partial charge >= 0.3 is 0 Å². The van der Waals surface area contributed by atoms with Crippen LogP contribution in [0.3, 0.4) is 0 Å². The van der Waals surface area contributed by atoms with Crippen molar-refractivity contribution in [3.63, 3.8) is 0 Å². The average Bonchev–Trinajstić information content (AvgIpc) is 3.19. The van der Waals surface area contributed by atoms with Crippen LogP contribution < -0.4 is 4.74 Å². The SMILES string of the molecule is Cc1c(C(=O)/C=C/c2ccc(COc3ccccc3)o2)cnn1C. The number of hydrogen-bond donors (Lipinski definition) is 0. The lowest BCUT2D eigenvalue weighted by Crippen LogP contribution is -1.98. The van der Waals surface area contributed by atoms with Crippen molar-refractivity contribution in [3.8, 4) is 5.75 Å². The molecule has 122 valence electrons. The molecule has 0 amide bonds. The molecule has 0 unspecified atom stereocenters. The standard InChI is InChI=1S/C19H18N2O3/c1-14-18(12-20-21(14)2)19(22)11-10-16-8-9-17(24-16)13-23-15-6-4-3-5-7-15/h3-12H,13H2,1-2H3/b11-10+. The topological polar surface area (TPSA) is 57.3 Å². The number of rotatable bonds is 6. The Morgan fingerprint density at radius 3 is 2.75 bits per heavy atom. The highest BCUT2D eigenvalue weighted by molar-refractivity contribution is 6.07. The number of nitrogens with zero attached hydrogens (tertiary/aromatic N) is 2. The fourth-order valence-corrected chi connectivity index (χ4v) is 2.22. The second-order valence-corrected chi connectivity index (χ2v) is 5.37. The third-order valence-corrected chi connectivity index (χ3v) is 3.71. The van der Waals surface area contributed by atoms with Crippen molar-refractivity contribution < 1.29 is 13.9 Å². The monoisotopic (exact) mass is 322 g/mol. The van der Waals surface area contributed by atoms with Crippen molar-refractivity contribution in [2.24, 2.45) is 7.05 Å². The molecule has 0 aliphatic rings. The summed E-state index contributed by atoms with van der Waals surface area (Å²) >= 11 is 0. The average molecular weight is 322 g/mol. The molecule has 1 aromatic carbocycles. The number of para-hydroxylation sites is 1. The maximum atomic E-state index is 12.2. The van der Waals surface area contributed by atoms with E-state index in [0.29, 0.717) is 23.7 Å². The molecule has 5 heteroatoms. The van der Waals surface area contributed by atoms with Crippen LogP contribution in [0.15, 0.2) is 59.2 Å². The minimum Gasteiger partial charge on any atom is -0.486 e. The van der Waals surface area contributed by atoms with Gasteiger partial charge < -0.3 is 9.15 Å². The van der Waals surface area contributed by atoms with E-state index in [-0.39, 0.29) is 5.78 Å². The molecule has 3 rings (SSSR count). The summed E-state index contributed by atoms with van der Waals surface area (Å²) < 4.78 is 12.9. The number of ketones is 1. The van der Waals surface area contributed by atoms with Crippen molar-refractivity contribution in [2.45, 2.75) is 13.5 Å². The molecule has 0 aliphatic carbocycles. The predicted octanol–water partition coefficient (Wildman–Crippen LogP) is 3.80. The van der Waals surface area contributed by atoms with E-state index < -0.39 is 0 Å². The fourth-order valence-electron chi connectivity index (χ4n) is 2.22. The maximum Gasteiger partial charge on any atom is 0.189 e. The molecule has 0 atom stereocenters. The molecule has 0 N–H and O–H groups in total. The van der Waals surface area contributed by atoms with Crippen LogP contribution in [0.4, 0.5) is 0 Å². The lowest BCUT2D eigenvalue weighted by molar-refractivity contribution is 0.104. The Balaban J connectivity index is 1.61. The summed E-state index contributed by atoms with van der Waals surface area (Å²) in [6, 6.07) is 13.2. The molecular formula is C19H18N2O3. The predicted molar refractivity (Wildman–Crippen MR) is 90.8 cm³/mol. The number of furan rings is 1. The molecule has 0 spiro atoms. The van der Waals surface area contributed by atoms with Gasteiger partial charge in [0, 0.05) is 12.7 Å². The van der Waals surface area contributed by atoms with Crippen LogP contribution in [0.25, 0.3) is 6.08 Å². The van der Waals surface area contributed by atoms with Gasteiger partial charge in [-0.25, -0.2) is 0 Å². The molecule has 5 nitrogen and oxygen atoms in total. The maximum absolute atomic E-state index is 12.2. The first-order valence-corrected chi connectivity index (χ1v) is 7.61. The molecule has 0 saturated heterocycles. The van der Waals surface area contributed by atoms with Gasteiger partial charge in [0.1, 0.15) is 23.9 Å². The Morgan fingerprint density at radius 1 is 1.25 bits per heavy atom. The van der Waals surface area contributed by atoms with Crippen molar-refractivity contribution in [2.75, 3.05) is 0 Å². The molecule has 24 heavy (non-hydrogen) atoms. The number of ether oxygens (including phenoxy) is 1. The molecule has 0 fully saturated rings. The van der Waals surface area contributed by atoms with E-state index in [1.165, 1.54) is 6.08 Å². The Hall–Kier alpha value is -3.08.